The normalized spacial score (nSPS) is 23.9. The number of aliphatic hydroxyl groups excluding tert-OH is 1. The van der Waals surface area contributed by atoms with Gasteiger partial charge in [0.2, 0.25) is 0 Å². The molecule has 2 rings (SSSR count). The van der Waals surface area contributed by atoms with Gasteiger partial charge in [-0.1, -0.05) is 12.1 Å². The molecular weight excluding hydrogens is 226 g/mol. The first kappa shape index (κ1) is 13.4. The van der Waals surface area contributed by atoms with Crippen LogP contribution in [-0.2, 0) is 0 Å². The van der Waals surface area contributed by atoms with Crippen molar-refractivity contribution in [3.8, 4) is 5.75 Å². The van der Waals surface area contributed by atoms with Crippen LogP contribution in [0.1, 0.15) is 31.2 Å². The van der Waals surface area contributed by atoms with E-state index in [1.165, 1.54) is 5.56 Å². The van der Waals surface area contributed by atoms with Gasteiger partial charge in [0, 0.05) is 12.6 Å². The molecule has 0 bridgehead atoms. The Kier molecular flexibility index (Phi) is 5.02. The number of aryl methyl sites for hydroxylation is 1. The molecule has 0 atom stereocenters. The van der Waals surface area contributed by atoms with Gasteiger partial charge in [-0.2, -0.15) is 0 Å². The number of aliphatic hydroxyl groups is 1. The van der Waals surface area contributed by atoms with Crippen molar-refractivity contribution in [1.29, 1.82) is 0 Å². The Bertz CT molecular complexity index is 359. The second-order valence-corrected chi connectivity index (χ2v) is 5.12. The summed E-state index contributed by atoms with van der Waals surface area (Å²) < 4.78 is 5.69. The molecule has 1 fully saturated rings. The van der Waals surface area contributed by atoms with Crippen LogP contribution in [0, 0.1) is 6.92 Å². The molecule has 2 N–H and O–H groups in total. The van der Waals surface area contributed by atoms with Crippen LogP contribution in [-0.4, -0.2) is 30.4 Å². The Morgan fingerprint density at radius 3 is 2.78 bits per heavy atom. The molecule has 0 unspecified atom stereocenters. The summed E-state index contributed by atoms with van der Waals surface area (Å²) in [5.41, 5.74) is 1.22. The maximum atomic E-state index is 9.42. The molecule has 100 valence electrons. The second kappa shape index (κ2) is 6.76. The molecule has 1 saturated carbocycles. The molecule has 3 heteroatoms. The Balaban J connectivity index is 1.61. The summed E-state index contributed by atoms with van der Waals surface area (Å²) in [5, 5.41) is 12.9. The predicted octanol–water partition coefficient (Wildman–Crippen LogP) is 2.27. The molecule has 0 spiro atoms. The van der Waals surface area contributed by atoms with Crippen molar-refractivity contribution in [2.24, 2.45) is 0 Å². The molecular formula is C15H23NO2. The van der Waals surface area contributed by atoms with Crippen molar-refractivity contribution in [1.82, 2.24) is 5.32 Å². The molecule has 0 aromatic heterocycles. The van der Waals surface area contributed by atoms with Crippen LogP contribution < -0.4 is 10.1 Å². The lowest BCUT2D eigenvalue weighted by atomic mass is 9.93. The zero-order valence-corrected chi connectivity index (χ0v) is 11.1. The minimum atomic E-state index is -0.0772. The largest absolute Gasteiger partial charge is 0.492 e. The van der Waals surface area contributed by atoms with E-state index in [4.69, 9.17) is 4.74 Å². The summed E-state index contributed by atoms with van der Waals surface area (Å²) in [6, 6.07) is 8.68. The highest BCUT2D eigenvalue weighted by molar-refractivity contribution is 5.27. The number of rotatable bonds is 5. The van der Waals surface area contributed by atoms with Gasteiger partial charge < -0.3 is 15.2 Å². The van der Waals surface area contributed by atoms with E-state index in [1.54, 1.807) is 0 Å². The second-order valence-electron chi connectivity index (χ2n) is 5.12. The van der Waals surface area contributed by atoms with Gasteiger partial charge in [-0.3, -0.25) is 0 Å². The number of hydrogen-bond donors (Lipinski definition) is 2. The van der Waals surface area contributed by atoms with Gasteiger partial charge in [0.1, 0.15) is 12.4 Å². The van der Waals surface area contributed by atoms with Crippen molar-refractivity contribution < 1.29 is 9.84 Å². The van der Waals surface area contributed by atoms with Gasteiger partial charge >= 0.3 is 0 Å². The monoisotopic (exact) mass is 249 g/mol. The number of nitrogens with one attached hydrogen (secondary N) is 1. The lowest BCUT2D eigenvalue weighted by Gasteiger charge is -2.26. The third kappa shape index (κ3) is 4.31. The molecule has 0 radical (unpaired) electrons. The Morgan fingerprint density at radius 2 is 2.06 bits per heavy atom. The van der Waals surface area contributed by atoms with Gasteiger partial charge in [0.05, 0.1) is 6.10 Å². The first-order chi connectivity index (χ1) is 8.74. The van der Waals surface area contributed by atoms with Crippen LogP contribution in [0.15, 0.2) is 24.3 Å². The summed E-state index contributed by atoms with van der Waals surface area (Å²) in [6.45, 7) is 3.63. The summed E-state index contributed by atoms with van der Waals surface area (Å²) in [7, 11) is 0. The molecule has 1 aromatic rings. The highest BCUT2D eigenvalue weighted by atomic mass is 16.5. The molecule has 0 amide bonds. The zero-order chi connectivity index (χ0) is 12.8. The van der Waals surface area contributed by atoms with Crippen LogP contribution >= 0.6 is 0 Å². The number of ether oxygens (including phenoxy) is 1. The molecule has 3 nitrogen and oxygen atoms in total. The van der Waals surface area contributed by atoms with Gasteiger partial charge in [0.15, 0.2) is 0 Å². The highest BCUT2D eigenvalue weighted by Gasteiger charge is 2.18. The topological polar surface area (TPSA) is 41.5 Å². The molecule has 1 aromatic carbocycles. The predicted molar refractivity (Wildman–Crippen MR) is 72.9 cm³/mol. The standard InChI is InChI=1S/C15H23NO2/c1-12-3-2-4-15(11-12)18-10-9-16-13-5-7-14(17)8-6-13/h2-4,11,13-14,16-17H,5-10H2,1H3. The Hall–Kier alpha value is -1.06. The Labute approximate surface area is 109 Å². The fraction of sp³-hybridized carbons (Fsp3) is 0.600. The molecule has 18 heavy (non-hydrogen) atoms. The summed E-state index contributed by atoms with van der Waals surface area (Å²) in [6.07, 6.45) is 3.93. The highest BCUT2D eigenvalue weighted by Crippen LogP contribution is 2.18. The lowest BCUT2D eigenvalue weighted by Crippen LogP contribution is -2.36. The molecule has 1 aliphatic carbocycles. The quantitative estimate of drug-likeness (QED) is 0.787. The van der Waals surface area contributed by atoms with Gasteiger partial charge in [-0.25, -0.2) is 0 Å². The van der Waals surface area contributed by atoms with E-state index >= 15 is 0 Å². The van der Waals surface area contributed by atoms with Crippen molar-refractivity contribution in [3.05, 3.63) is 29.8 Å². The average molecular weight is 249 g/mol. The smallest absolute Gasteiger partial charge is 0.119 e. The van der Waals surface area contributed by atoms with Gasteiger partial charge in [-0.05, 0) is 50.3 Å². The van der Waals surface area contributed by atoms with E-state index in [9.17, 15) is 5.11 Å². The zero-order valence-electron chi connectivity index (χ0n) is 11.1. The van der Waals surface area contributed by atoms with E-state index in [1.807, 2.05) is 12.1 Å². The maximum Gasteiger partial charge on any atom is 0.119 e. The van der Waals surface area contributed by atoms with Crippen LogP contribution in [0.4, 0.5) is 0 Å². The van der Waals surface area contributed by atoms with Crippen LogP contribution in [0.2, 0.25) is 0 Å². The van der Waals surface area contributed by atoms with Gasteiger partial charge in [-0.15, -0.1) is 0 Å². The van der Waals surface area contributed by atoms with Gasteiger partial charge in [0.25, 0.3) is 0 Å². The number of hydrogen-bond acceptors (Lipinski definition) is 3. The van der Waals surface area contributed by atoms with Crippen LogP contribution in [0.25, 0.3) is 0 Å². The minimum absolute atomic E-state index is 0.0772. The third-order valence-corrected chi connectivity index (χ3v) is 3.49. The summed E-state index contributed by atoms with van der Waals surface area (Å²) in [5.74, 6) is 0.941. The molecule has 0 aliphatic heterocycles. The first-order valence-electron chi connectivity index (χ1n) is 6.85. The lowest BCUT2D eigenvalue weighted by molar-refractivity contribution is 0.116. The first-order valence-corrected chi connectivity index (χ1v) is 6.85. The van der Waals surface area contributed by atoms with E-state index in [2.05, 4.69) is 24.4 Å². The van der Waals surface area contributed by atoms with Crippen LogP contribution in [0.5, 0.6) is 5.75 Å². The fourth-order valence-electron chi connectivity index (χ4n) is 2.42. The summed E-state index contributed by atoms with van der Waals surface area (Å²) in [4.78, 5) is 0. The van der Waals surface area contributed by atoms with Crippen molar-refractivity contribution in [3.63, 3.8) is 0 Å². The van der Waals surface area contributed by atoms with E-state index in [0.717, 1.165) is 38.0 Å². The molecule has 0 heterocycles. The third-order valence-electron chi connectivity index (χ3n) is 3.49. The molecule has 1 aliphatic rings. The minimum Gasteiger partial charge on any atom is -0.492 e. The summed E-state index contributed by atoms with van der Waals surface area (Å²) >= 11 is 0. The van der Waals surface area contributed by atoms with Crippen molar-refractivity contribution in [2.45, 2.75) is 44.8 Å². The molecule has 0 saturated heterocycles. The SMILES string of the molecule is Cc1cccc(OCCNC2CCC(O)CC2)c1. The van der Waals surface area contributed by atoms with E-state index in [-0.39, 0.29) is 6.10 Å². The van der Waals surface area contributed by atoms with E-state index < -0.39 is 0 Å². The van der Waals surface area contributed by atoms with Crippen LogP contribution in [0.3, 0.4) is 0 Å². The maximum absolute atomic E-state index is 9.42. The average Bonchev–Trinajstić information content (AvgIpc) is 2.37. The number of benzene rings is 1. The van der Waals surface area contributed by atoms with Crippen molar-refractivity contribution in [2.75, 3.05) is 13.2 Å². The fourth-order valence-corrected chi connectivity index (χ4v) is 2.42. The van der Waals surface area contributed by atoms with E-state index in [0.29, 0.717) is 12.6 Å². The van der Waals surface area contributed by atoms with Crippen molar-refractivity contribution >= 4 is 0 Å². The Morgan fingerprint density at radius 1 is 1.28 bits per heavy atom.